The van der Waals surface area contributed by atoms with Crippen LogP contribution in [0, 0.1) is 0 Å². The SMILES string of the molecule is Cn1nnnc1N(CC(=O)O)C1CC1. The maximum absolute atomic E-state index is 10.6. The zero-order valence-electron chi connectivity index (χ0n) is 7.79. The van der Waals surface area contributed by atoms with Crippen molar-refractivity contribution in [1.29, 1.82) is 0 Å². The minimum Gasteiger partial charge on any atom is -0.480 e. The lowest BCUT2D eigenvalue weighted by molar-refractivity contribution is -0.135. The highest BCUT2D eigenvalue weighted by Crippen LogP contribution is 2.29. The molecule has 1 N–H and O–H groups in total. The quantitative estimate of drug-likeness (QED) is 0.684. The molecule has 0 radical (unpaired) electrons. The Labute approximate surface area is 80.3 Å². The first-order valence-corrected chi connectivity index (χ1v) is 4.39. The van der Waals surface area contributed by atoms with Gasteiger partial charge in [0, 0.05) is 13.1 Å². The van der Waals surface area contributed by atoms with Gasteiger partial charge in [-0.2, -0.15) is 0 Å². The van der Waals surface area contributed by atoms with E-state index in [1.807, 2.05) is 0 Å². The summed E-state index contributed by atoms with van der Waals surface area (Å²) in [6.07, 6.45) is 2.03. The number of aromatic nitrogens is 4. The molecule has 2 rings (SSSR count). The van der Waals surface area contributed by atoms with Crippen molar-refractivity contribution in [3.05, 3.63) is 0 Å². The number of aliphatic carboxylic acids is 1. The number of anilines is 1. The zero-order chi connectivity index (χ0) is 10.1. The summed E-state index contributed by atoms with van der Waals surface area (Å²) >= 11 is 0. The van der Waals surface area contributed by atoms with Gasteiger partial charge in [0.15, 0.2) is 0 Å². The summed E-state index contributed by atoms with van der Waals surface area (Å²) < 4.78 is 1.49. The lowest BCUT2D eigenvalue weighted by Crippen LogP contribution is -2.33. The van der Waals surface area contributed by atoms with Crippen LogP contribution in [0.4, 0.5) is 5.95 Å². The number of hydrogen-bond donors (Lipinski definition) is 1. The Morgan fingerprint density at radius 3 is 2.86 bits per heavy atom. The third-order valence-electron chi connectivity index (χ3n) is 2.15. The average Bonchev–Trinajstić information content (AvgIpc) is 2.86. The average molecular weight is 197 g/mol. The van der Waals surface area contributed by atoms with Crippen molar-refractivity contribution in [2.45, 2.75) is 18.9 Å². The van der Waals surface area contributed by atoms with E-state index in [4.69, 9.17) is 5.11 Å². The van der Waals surface area contributed by atoms with Gasteiger partial charge in [0.25, 0.3) is 0 Å². The van der Waals surface area contributed by atoms with Crippen LogP contribution in [0.15, 0.2) is 0 Å². The maximum Gasteiger partial charge on any atom is 0.323 e. The molecule has 1 fully saturated rings. The van der Waals surface area contributed by atoms with Gasteiger partial charge in [0.05, 0.1) is 0 Å². The van der Waals surface area contributed by atoms with Gasteiger partial charge < -0.3 is 10.0 Å². The number of nitrogens with zero attached hydrogens (tertiary/aromatic N) is 5. The van der Waals surface area contributed by atoms with Crippen LogP contribution in [0.25, 0.3) is 0 Å². The topological polar surface area (TPSA) is 84.1 Å². The third kappa shape index (κ3) is 1.66. The molecule has 0 aliphatic heterocycles. The van der Waals surface area contributed by atoms with E-state index in [-0.39, 0.29) is 12.6 Å². The summed E-state index contributed by atoms with van der Waals surface area (Å²) in [6, 6.07) is 0.288. The van der Waals surface area contributed by atoms with E-state index < -0.39 is 5.97 Å². The number of carboxylic acid groups (broad SMARTS) is 1. The van der Waals surface area contributed by atoms with Crippen LogP contribution in [-0.2, 0) is 11.8 Å². The Kier molecular flexibility index (Phi) is 2.06. The molecule has 0 spiro atoms. The van der Waals surface area contributed by atoms with Crippen LogP contribution in [0.2, 0.25) is 0 Å². The van der Waals surface area contributed by atoms with Crippen LogP contribution in [0.5, 0.6) is 0 Å². The van der Waals surface area contributed by atoms with Crippen molar-refractivity contribution in [3.63, 3.8) is 0 Å². The van der Waals surface area contributed by atoms with E-state index in [1.165, 1.54) is 4.68 Å². The number of carbonyl (C=O) groups is 1. The number of tetrazole rings is 1. The second-order valence-electron chi connectivity index (χ2n) is 3.36. The molecular weight excluding hydrogens is 186 g/mol. The summed E-state index contributed by atoms with van der Waals surface area (Å²) in [6.45, 7) is -0.0428. The van der Waals surface area contributed by atoms with Gasteiger partial charge in [0.1, 0.15) is 6.54 Å². The molecule has 0 unspecified atom stereocenters. The smallest absolute Gasteiger partial charge is 0.323 e. The van der Waals surface area contributed by atoms with Gasteiger partial charge in [0.2, 0.25) is 5.95 Å². The third-order valence-corrected chi connectivity index (χ3v) is 2.15. The largest absolute Gasteiger partial charge is 0.480 e. The Bertz CT molecular complexity index is 346. The van der Waals surface area contributed by atoms with E-state index in [9.17, 15) is 4.79 Å². The van der Waals surface area contributed by atoms with Crippen LogP contribution >= 0.6 is 0 Å². The van der Waals surface area contributed by atoms with Crippen molar-refractivity contribution in [1.82, 2.24) is 20.2 Å². The molecule has 1 saturated carbocycles. The predicted molar refractivity (Wildman–Crippen MR) is 46.8 cm³/mol. The van der Waals surface area contributed by atoms with E-state index in [1.54, 1.807) is 11.9 Å². The van der Waals surface area contributed by atoms with Crippen molar-refractivity contribution in [2.24, 2.45) is 7.05 Å². The molecule has 0 atom stereocenters. The van der Waals surface area contributed by atoms with Crippen LogP contribution in [-0.4, -0.2) is 43.9 Å². The lowest BCUT2D eigenvalue weighted by atomic mass is 10.5. The molecule has 0 bridgehead atoms. The standard InChI is InChI=1S/C7H11N5O2/c1-11-7(8-9-10-11)12(4-6(13)14)5-2-3-5/h5H,2-4H2,1H3,(H,13,14). The number of rotatable bonds is 4. The van der Waals surface area contributed by atoms with Crippen molar-refractivity contribution in [2.75, 3.05) is 11.4 Å². The Hall–Kier alpha value is -1.66. The molecule has 1 aromatic heterocycles. The van der Waals surface area contributed by atoms with E-state index in [2.05, 4.69) is 15.5 Å². The van der Waals surface area contributed by atoms with Gasteiger partial charge in [-0.1, -0.05) is 5.10 Å². The fraction of sp³-hybridized carbons (Fsp3) is 0.714. The minimum absolute atomic E-state index is 0.0428. The number of carboxylic acids is 1. The Morgan fingerprint density at radius 2 is 2.43 bits per heavy atom. The summed E-state index contributed by atoms with van der Waals surface area (Å²) in [4.78, 5) is 12.4. The van der Waals surface area contributed by atoms with Gasteiger partial charge >= 0.3 is 5.97 Å². The van der Waals surface area contributed by atoms with E-state index in [0.29, 0.717) is 5.95 Å². The first kappa shape index (κ1) is 8.92. The summed E-state index contributed by atoms with van der Waals surface area (Å²) in [5.74, 6) is -0.338. The molecule has 7 nitrogen and oxygen atoms in total. The lowest BCUT2D eigenvalue weighted by Gasteiger charge is -2.19. The summed E-state index contributed by atoms with van der Waals surface area (Å²) in [5.41, 5.74) is 0. The highest BCUT2D eigenvalue weighted by Gasteiger charge is 2.33. The van der Waals surface area contributed by atoms with Crippen molar-refractivity contribution < 1.29 is 9.90 Å². The van der Waals surface area contributed by atoms with Crippen molar-refractivity contribution >= 4 is 11.9 Å². The molecule has 1 aliphatic rings. The predicted octanol–water partition coefficient (Wildman–Crippen LogP) is -0.736. The molecule has 0 amide bonds. The second kappa shape index (κ2) is 3.24. The first-order chi connectivity index (χ1) is 6.68. The van der Waals surface area contributed by atoms with E-state index >= 15 is 0 Å². The van der Waals surface area contributed by atoms with Gasteiger partial charge in [-0.05, 0) is 23.3 Å². The van der Waals surface area contributed by atoms with Crippen LogP contribution < -0.4 is 4.90 Å². The molecule has 7 heteroatoms. The molecule has 1 aliphatic carbocycles. The fourth-order valence-electron chi connectivity index (χ4n) is 1.36. The minimum atomic E-state index is -0.861. The zero-order valence-corrected chi connectivity index (χ0v) is 7.79. The first-order valence-electron chi connectivity index (χ1n) is 4.39. The number of aryl methyl sites for hydroxylation is 1. The van der Waals surface area contributed by atoms with Crippen LogP contribution in [0.3, 0.4) is 0 Å². The molecule has 0 saturated heterocycles. The molecule has 0 aromatic carbocycles. The molecule has 76 valence electrons. The highest BCUT2D eigenvalue weighted by molar-refractivity contribution is 5.73. The number of hydrogen-bond acceptors (Lipinski definition) is 5. The van der Waals surface area contributed by atoms with Gasteiger partial charge in [-0.25, -0.2) is 4.68 Å². The summed E-state index contributed by atoms with van der Waals surface area (Å²) in [7, 11) is 1.70. The highest BCUT2D eigenvalue weighted by atomic mass is 16.4. The molecule has 1 aromatic rings. The second-order valence-corrected chi connectivity index (χ2v) is 3.36. The maximum atomic E-state index is 10.6. The molecular formula is C7H11N5O2. The van der Waals surface area contributed by atoms with Gasteiger partial charge in [-0.15, -0.1) is 0 Å². The normalized spacial score (nSPS) is 15.5. The monoisotopic (exact) mass is 197 g/mol. The van der Waals surface area contributed by atoms with Crippen molar-refractivity contribution in [3.8, 4) is 0 Å². The Morgan fingerprint density at radius 1 is 1.71 bits per heavy atom. The molecule has 14 heavy (non-hydrogen) atoms. The summed E-state index contributed by atoms with van der Waals surface area (Å²) in [5, 5.41) is 19.7. The molecule has 1 heterocycles. The van der Waals surface area contributed by atoms with Gasteiger partial charge in [-0.3, -0.25) is 4.79 Å². The van der Waals surface area contributed by atoms with E-state index in [0.717, 1.165) is 12.8 Å². The van der Waals surface area contributed by atoms with Crippen LogP contribution in [0.1, 0.15) is 12.8 Å². The Balaban J connectivity index is 2.18. The fourth-order valence-corrected chi connectivity index (χ4v) is 1.36.